The first kappa shape index (κ1) is 20.7. The van der Waals surface area contributed by atoms with Crippen molar-refractivity contribution in [2.24, 2.45) is 5.41 Å². The van der Waals surface area contributed by atoms with E-state index in [1.54, 1.807) is 13.8 Å². The van der Waals surface area contributed by atoms with Crippen molar-refractivity contribution in [1.82, 2.24) is 0 Å². The van der Waals surface area contributed by atoms with Gasteiger partial charge in [-0.2, -0.15) is 0 Å². The molecule has 0 amide bonds. The fourth-order valence-corrected chi connectivity index (χ4v) is 0.668. The molecule has 0 heterocycles. The first-order chi connectivity index (χ1) is 8.66. The van der Waals surface area contributed by atoms with Crippen molar-refractivity contribution in [1.29, 1.82) is 0 Å². The molecule has 116 valence electrons. The Hall–Kier alpha value is -0.610. The lowest BCUT2D eigenvalue weighted by molar-refractivity contribution is -0.136. The van der Waals surface area contributed by atoms with E-state index in [0.29, 0.717) is 0 Å². The van der Waals surface area contributed by atoms with Gasteiger partial charge in [-0.05, 0) is 0 Å². The van der Waals surface area contributed by atoms with Crippen molar-refractivity contribution in [3.63, 3.8) is 0 Å². The number of aliphatic hydroxyl groups excluding tert-OH is 7. The number of hydrogen-bond acceptors (Lipinski definition) is 8. The van der Waals surface area contributed by atoms with Crippen molar-refractivity contribution in [3.8, 4) is 0 Å². The van der Waals surface area contributed by atoms with Gasteiger partial charge in [-0.15, -0.1) is 0 Å². The summed E-state index contributed by atoms with van der Waals surface area (Å²) in [4.78, 5) is 9.90. The highest BCUT2D eigenvalue weighted by molar-refractivity contribution is 5.56. The molecule has 8 heteroatoms. The molecule has 0 bridgehead atoms. The molecule has 0 aromatic heterocycles. The molecule has 0 saturated carbocycles. The largest absolute Gasteiger partial charge is 0.396 e. The molecule has 0 aliphatic carbocycles. The van der Waals surface area contributed by atoms with E-state index in [-0.39, 0.29) is 24.9 Å². The predicted molar refractivity (Wildman–Crippen MR) is 65.1 cm³/mol. The van der Waals surface area contributed by atoms with Gasteiger partial charge in [-0.1, -0.05) is 13.8 Å². The number of aldehydes is 1. The summed E-state index contributed by atoms with van der Waals surface area (Å²) < 4.78 is 0. The van der Waals surface area contributed by atoms with Gasteiger partial charge in [0.1, 0.15) is 24.4 Å². The summed E-state index contributed by atoms with van der Waals surface area (Å²) in [6.45, 7) is 2.93. The zero-order valence-corrected chi connectivity index (χ0v) is 11.0. The van der Waals surface area contributed by atoms with E-state index in [0.717, 1.165) is 0 Å². The topological polar surface area (TPSA) is 159 Å². The van der Waals surface area contributed by atoms with Gasteiger partial charge >= 0.3 is 0 Å². The van der Waals surface area contributed by atoms with Crippen LogP contribution in [-0.2, 0) is 4.79 Å². The molecule has 19 heavy (non-hydrogen) atoms. The van der Waals surface area contributed by atoms with Crippen LogP contribution in [0.4, 0.5) is 0 Å². The summed E-state index contributed by atoms with van der Waals surface area (Å²) in [6.07, 6.45) is -6.84. The smallest absolute Gasteiger partial charge is 0.151 e. The Kier molecular flexibility index (Phi) is 11.1. The Morgan fingerprint density at radius 3 is 1.58 bits per heavy atom. The van der Waals surface area contributed by atoms with E-state index in [1.165, 1.54) is 0 Å². The van der Waals surface area contributed by atoms with Gasteiger partial charge < -0.3 is 40.5 Å². The molecular formula is C11H24O8. The number of carbonyl (C=O) groups is 1. The van der Waals surface area contributed by atoms with E-state index in [1.807, 2.05) is 0 Å². The Morgan fingerprint density at radius 2 is 1.37 bits per heavy atom. The van der Waals surface area contributed by atoms with Crippen LogP contribution in [0.3, 0.4) is 0 Å². The minimum absolute atomic E-state index is 0.0258. The monoisotopic (exact) mass is 284 g/mol. The van der Waals surface area contributed by atoms with Gasteiger partial charge in [0, 0.05) is 5.41 Å². The van der Waals surface area contributed by atoms with E-state index in [4.69, 9.17) is 35.7 Å². The third-order valence-electron chi connectivity index (χ3n) is 2.28. The average Bonchev–Trinajstić information content (AvgIpc) is 2.44. The molecule has 0 radical (unpaired) electrons. The molecular weight excluding hydrogens is 260 g/mol. The maximum atomic E-state index is 9.90. The van der Waals surface area contributed by atoms with Gasteiger partial charge in [0.2, 0.25) is 0 Å². The first-order valence-electron chi connectivity index (χ1n) is 5.67. The van der Waals surface area contributed by atoms with Gasteiger partial charge in [0.25, 0.3) is 0 Å². The minimum atomic E-state index is -1.79. The summed E-state index contributed by atoms with van der Waals surface area (Å²) in [5, 5.41) is 60.4. The van der Waals surface area contributed by atoms with Gasteiger partial charge in [-0.3, -0.25) is 0 Å². The molecule has 0 spiro atoms. The SMILES string of the molecule is CC(C)(CO)CO.O=C[C@H](O)[C@@H](O)[C@H](O)[C@H](O)CO. The lowest BCUT2D eigenvalue weighted by atomic mass is 9.97. The van der Waals surface area contributed by atoms with Crippen LogP contribution in [0.15, 0.2) is 0 Å². The second kappa shape index (κ2) is 10.2. The molecule has 0 aromatic carbocycles. The van der Waals surface area contributed by atoms with Crippen LogP contribution in [0.2, 0.25) is 0 Å². The highest BCUT2D eigenvalue weighted by atomic mass is 16.4. The Labute approximate surface area is 111 Å². The fraction of sp³-hybridized carbons (Fsp3) is 0.909. The minimum Gasteiger partial charge on any atom is -0.396 e. The summed E-state index contributed by atoms with van der Waals surface area (Å²) in [6, 6.07) is 0. The van der Waals surface area contributed by atoms with Crippen LogP contribution in [-0.4, -0.2) is 86.3 Å². The molecule has 0 aliphatic heterocycles. The molecule has 0 unspecified atom stereocenters. The van der Waals surface area contributed by atoms with Crippen LogP contribution in [0.1, 0.15) is 13.8 Å². The highest BCUT2D eigenvalue weighted by Crippen LogP contribution is 2.10. The highest BCUT2D eigenvalue weighted by Gasteiger charge is 2.29. The molecule has 0 aromatic rings. The molecule has 7 N–H and O–H groups in total. The van der Waals surface area contributed by atoms with Crippen molar-refractivity contribution < 1.29 is 40.5 Å². The van der Waals surface area contributed by atoms with Crippen LogP contribution in [0.5, 0.6) is 0 Å². The Balaban J connectivity index is 0. The molecule has 0 fully saturated rings. The van der Waals surface area contributed by atoms with Crippen molar-refractivity contribution in [2.45, 2.75) is 38.3 Å². The normalized spacial score (nSPS) is 17.7. The molecule has 0 aliphatic rings. The van der Waals surface area contributed by atoms with E-state index in [2.05, 4.69) is 0 Å². The molecule has 4 atom stereocenters. The van der Waals surface area contributed by atoms with Crippen LogP contribution in [0, 0.1) is 5.41 Å². The Morgan fingerprint density at radius 1 is 0.947 bits per heavy atom. The quantitative estimate of drug-likeness (QED) is 0.238. The van der Waals surface area contributed by atoms with Gasteiger partial charge in [-0.25, -0.2) is 0 Å². The Bertz CT molecular complexity index is 227. The first-order valence-corrected chi connectivity index (χ1v) is 5.67. The van der Waals surface area contributed by atoms with Crippen LogP contribution >= 0.6 is 0 Å². The zero-order valence-electron chi connectivity index (χ0n) is 11.0. The number of rotatable bonds is 7. The summed E-state index contributed by atoms with van der Waals surface area (Å²) >= 11 is 0. The van der Waals surface area contributed by atoms with Crippen molar-refractivity contribution in [2.75, 3.05) is 19.8 Å². The summed E-state index contributed by atoms with van der Waals surface area (Å²) in [7, 11) is 0. The molecule has 0 saturated heterocycles. The second-order valence-electron chi connectivity index (χ2n) is 4.84. The maximum absolute atomic E-state index is 9.90. The van der Waals surface area contributed by atoms with E-state index >= 15 is 0 Å². The summed E-state index contributed by atoms with van der Waals surface area (Å²) in [5.74, 6) is 0. The van der Waals surface area contributed by atoms with E-state index < -0.39 is 31.0 Å². The van der Waals surface area contributed by atoms with Gasteiger partial charge in [0.05, 0.1) is 19.8 Å². The third-order valence-corrected chi connectivity index (χ3v) is 2.28. The average molecular weight is 284 g/mol. The second-order valence-corrected chi connectivity index (χ2v) is 4.84. The lowest BCUT2D eigenvalue weighted by Crippen LogP contribution is -2.46. The zero-order chi connectivity index (χ0) is 15.6. The number of aliphatic hydroxyl groups is 7. The maximum Gasteiger partial charge on any atom is 0.151 e. The van der Waals surface area contributed by atoms with Crippen LogP contribution < -0.4 is 0 Å². The van der Waals surface area contributed by atoms with Crippen molar-refractivity contribution >= 4 is 6.29 Å². The van der Waals surface area contributed by atoms with Crippen LogP contribution in [0.25, 0.3) is 0 Å². The van der Waals surface area contributed by atoms with Gasteiger partial charge in [0.15, 0.2) is 6.29 Å². The molecule has 8 nitrogen and oxygen atoms in total. The number of hydrogen-bond donors (Lipinski definition) is 7. The third kappa shape index (κ3) is 9.00. The van der Waals surface area contributed by atoms with E-state index in [9.17, 15) is 4.79 Å². The lowest BCUT2D eigenvalue weighted by Gasteiger charge is -2.22. The number of carbonyl (C=O) groups excluding carboxylic acids is 1. The summed E-state index contributed by atoms with van der Waals surface area (Å²) in [5.41, 5.74) is -0.306. The standard InChI is InChI=1S/C6H12O6.C5H12O2/c7-1-3(9)5(11)6(12)4(10)2-8;1-5(2,3-6)4-7/h1,3-6,8-12H,2H2;6-7H,3-4H2,1-2H3/t3-,4+,5+,6+;/m0./s1. The van der Waals surface area contributed by atoms with Crippen molar-refractivity contribution in [3.05, 3.63) is 0 Å². The predicted octanol–water partition coefficient (Wildman–Crippen LogP) is -3.38. The molecule has 0 rings (SSSR count). The fourth-order valence-electron chi connectivity index (χ4n) is 0.668.